The second-order valence-electron chi connectivity index (χ2n) is 3.79. The summed E-state index contributed by atoms with van der Waals surface area (Å²) in [6, 6.07) is 1.93. The van der Waals surface area contributed by atoms with E-state index in [1.54, 1.807) is 11.8 Å². The van der Waals surface area contributed by atoms with Crippen LogP contribution in [0.2, 0.25) is 0 Å². The van der Waals surface area contributed by atoms with Crippen molar-refractivity contribution < 1.29 is 0 Å². The molecule has 0 aliphatic carbocycles. The summed E-state index contributed by atoms with van der Waals surface area (Å²) in [5.41, 5.74) is 1.04. The summed E-state index contributed by atoms with van der Waals surface area (Å²) in [7, 11) is 0. The molecular weight excluding hydrogens is 218 g/mol. The molecule has 0 fully saturated rings. The van der Waals surface area contributed by atoms with E-state index in [-0.39, 0.29) is 0 Å². The minimum atomic E-state index is 0.904. The molecule has 0 unspecified atom stereocenters. The number of hydrogen-bond acceptors (Lipinski definition) is 4. The van der Waals surface area contributed by atoms with Crippen molar-refractivity contribution in [3.05, 3.63) is 18.0 Å². The third-order valence-electron chi connectivity index (χ3n) is 2.18. The molecule has 16 heavy (non-hydrogen) atoms. The SMILES string of the molecule is CCCNCCCCSc1nccc(C)n1. The zero-order valence-corrected chi connectivity index (χ0v) is 11.0. The topological polar surface area (TPSA) is 37.8 Å². The Morgan fingerprint density at radius 2 is 2.19 bits per heavy atom. The maximum atomic E-state index is 4.36. The Bertz CT molecular complexity index is 291. The summed E-state index contributed by atoms with van der Waals surface area (Å²) < 4.78 is 0. The van der Waals surface area contributed by atoms with Gasteiger partial charge in [-0.25, -0.2) is 9.97 Å². The smallest absolute Gasteiger partial charge is 0.187 e. The van der Waals surface area contributed by atoms with Gasteiger partial charge in [0.05, 0.1) is 0 Å². The van der Waals surface area contributed by atoms with Crippen molar-refractivity contribution in [1.82, 2.24) is 15.3 Å². The number of aryl methyl sites for hydroxylation is 1. The van der Waals surface area contributed by atoms with Gasteiger partial charge < -0.3 is 5.32 Å². The van der Waals surface area contributed by atoms with E-state index >= 15 is 0 Å². The highest BCUT2D eigenvalue weighted by Crippen LogP contribution is 2.13. The molecular formula is C12H21N3S. The fourth-order valence-electron chi connectivity index (χ4n) is 1.31. The van der Waals surface area contributed by atoms with Gasteiger partial charge in [-0.2, -0.15) is 0 Å². The zero-order valence-electron chi connectivity index (χ0n) is 10.2. The van der Waals surface area contributed by atoms with Crippen LogP contribution in [-0.2, 0) is 0 Å². The van der Waals surface area contributed by atoms with Gasteiger partial charge >= 0.3 is 0 Å². The van der Waals surface area contributed by atoms with Gasteiger partial charge in [0.1, 0.15) is 0 Å². The Kier molecular flexibility index (Phi) is 7.17. The van der Waals surface area contributed by atoms with Crippen molar-refractivity contribution >= 4 is 11.8 Å². The van der Waals surface area contributed by atoms with E-state index in [0.717, 1.165) is 29.7 Å². The number of aromatic nitrogens is 2. The van der Waals surface area contributed by atoms with Gasteiger partial charge in [0.25, 0.3) is 0 Å². The molecule has 0 radical (unpaired) electrons. The maximum Gasteiger partial charge on any atom is 0.187 e. The zero-order chi connectivity index (χ0) is 11.6. The summed E-state index contributed by atoms with van der Waals surface area (Å²) >= 11 is 1.75. The van der Waals surface area contributed by atoms with Crippen LogP contribution in [0.4, 0.5) is 0 Å². The van der Waals surface area contributed by atoms with Crippen LogP contribution < -0.4 is 5.32 Å². The number of hydrogen-bond donors (Lipinski definition) is 1. The summed E-state index contributed by atoms with van der Waals surface area (Å²) in [5.74, 6) is 1.11. The van der Waals surface area contributed by atoms with Crippen LogP contribution in [0.1, 0.15) is 31.9 Å². The third-order valence-corrected chi connectivity index (χ3v) is 3.13. The summed E-state index contributed by atoms with van der Waals surface area (Å²) in [4.78, 5) is 8.58. The lowest BCUT2D eigenvalue weighted by molar-refractivity contribution is 0.635. The summed E-state index contributed by atoms with van der Waals surface area (Å²) in [6.07, 6.45) is 5.50. The van der Waals surface area contributed by atoms with Crippen LogP contribution in [0.3, 0.4) is 0 Å². The monoisotopic (exact) mass is 239 g/mol. The average Bonchev–Trinajstić information content (AvgIpc) is 2.28. The van der Waals surface area contributed by atoms with E-state index in [4.69, 9.17) is 0 Å². The van der Waals surface area contributed by atoms with Gasteiger partial charge in [-0.15, -0.1) is 0 Å². The molecule has 0 aliphatic rings. The Labute approximate surface area is 102 Å². The largest absolute Gasteiger partial charge is 0.317 e. The second-order valence-corrected chi connectivity index (χ2v) is 4.85. The number of nitrogens with zero attached hydrogens (tertiary/aromatic N) is 2. The van der Waals surface area contributed by atoms with Crippen LogP contribution in [0, 0.1) is 6.92 Å². The van der Waals surface area contributed by atoms with E-state index < -0.39 is 0 Å². The van der Waals surface area contributed by atoms with Crippen LogP contribution in [-0.4, -0.2) is 28.8 Å². The molecule has 90 valence electrons. The van der Waals surface area contributed by atoms with Gasteiger partial charge in [0.2, 0.25) is 0 Å². The van der Waals surface area contributed by atoms with Crippen LogP contribution in [0.5, 0.6) is 0 Å². The molecule has 0 bridgehead atoms. The Morgan fingerprint density at radius 3 is 2.94 bits per heavy atom. The predicted octanol–water partition coefficient (Wildman–Crippen LogP) is 2.66. The first kappa shape index (κ1) is 13.5. The standard InChI is InChI=1S/C12H21N3S/c1-3-7-13-8-4-5-10-16-12-14-9-6-11(2)15-12/h6,9,13H,3-5,7-8,10H2,1-2H3. The lowest BCUT2D eigenvalue weighted by Crippen LogP contribution is -2.15. The Morgan fingerprint density at radius 1 is 1.31 bits per heavy atom. The molecule has 0 spiro atoms. The second kappa shape index (κ2) is 8.53. The average molecular weight is 239 g/mol. The Hall–Kier alpha value is -0.610. The van der Waals surface area contributed by atoms with Crippen LogP contribution in [0.15, 0.2) is 17.4 Å². The van der Waals surface area contributed by atoms with Crippen molar-refractivity contribution in [3.8, 4) is 0 Å². The molecule has 1 N–H and O–H groups in total. The van der Waals surface area contributed by atoms with Gasteiger partial charge in [-0.05, 0) is 45.3 Å². The molecule has 1 heterocycles. The highest BCUT2D eigenvalue weighted by Gasteiger charge is 1.97. The molecule has 1 rings (SSSR count). The first-order chi connectivity index (χ1) is 7.83. The summed E-state index contributed by atoms with van der Waals surface area (Å²) in [6.45, 7) is 6.45. The van der Waals surface area contributed by atoms with Crippen LogP contribution in [0.25, 0.3) is 0 Å². The molecule has 0 aromatic carbocycles. The fraction of sp³-hybridized carbons (Fsp3) is 0.667. The lowest BCUT2D eigenvalue weighted by Gasteiger charge is -2.02. The fourth-order valence-corrected chi connectivity index (χ4v) is 2.19. The third kappa shape index (κ3) is 6.08. The molecule has 0 amide bonds. The molecule has 0 atom stereocenters. The van der Waals surface area contributed by atoms with Gasteiger partial charge in [0.15, 0.2) is 5.16 Å². The maximum absolute atomic E-state index is 4.36. The molecule has 4 heteroatoms. The first-order valence-electron chi connectivity index (χ1n) is 5.96. The molecule has 1 aromatic heterocycles. The van der Waals surface area contributed by atoms with Gasteiger partial charge in [0, 0.05) is 17.6 Å². The first-order valence-corrected chi connectivity index (χ1v) is 6.94. The Balaban J connectivity index is 2.03. The lowest BCUT2D eigenvalue weighted by atomic mass is 10.3. The number of rotatable bonds is 8. The quantitative estimate of drug-likeness (QED) is 0.430. The van der Waals surface area contributed by atoms with Crippen LogP contribution >= 0.6 is 11.8 Å². The normalized spacial score (nSPS) is 10.6. The molecule has 0 saturated carbocycles. The minimum absolute atomic E-state index is 0.904. The van der Waals surface area contributed by atoms with E-state index in [1.807, 2.05) is 19.2 Å². The van der Waals surface area contributed by atoms with E-state index in [1.165, 1.54) is 19.3 Å². The highest BCUT2D eigenvalue weighted by molar-refractivity contribution is 7.99. The van der Waals surface area contributed by atoms with Gasteiger partial charge in [-0.3, -0.25) is 0 Å². The predicted molar refractivity (Wildman–Crippen MR) is 69.9 cm³/mol. The van der Waals surface area contributed by atoms with E-state index in [0.29, 0.717) is 0 Å². The van der Waals surface area contributed by atoms with Crippen molar-refractivity contribution in [1.29, 1.82) is 0 Å². The van der Waals surface area contributed by atoms with E-state index in [9.17, 15) is 0 Å². The number of nitrogens with one attached hydrogen (secondary N) is 1. The van der Waals surface area contributed by atoms with Crippen molar-refractivity contribution in [3.63, 3.8) is 0 Å². The molecule has 0 saturated heterocycles. The van der Waals surface area contributed by atoms with Crippen molar-refractivity contribution in [2.45, 2.75) is 38.3 Å². The van der Waals surface area contributed by atoms with E-state index in [2.05, 4.69) is 22.2 Å². The number of thioether (sulfide) groups is 1. The summed E-state index contributed by atoms with van der Waals surface area (Å²) in [5, 5.41) is 4.31. The highest BCUT2D eigenvalue weighted by atomic mass is 32.2. The minimum Gasteiger partial charge on any atom is -0.317 e. The molecule has 0 aliphatic heterocycles. The molecule has 3 nitrogen and oxygen atoms in total. The van der Waals surface area contributed by atoms with Crippen molar-refractivity contribution in [2.24, 2.45) is 0 Å². The molecule has 1 aromatic rings. The number of unbranched alkanes of at least 4 members (excludes halogenated alkanes) is 1. The van der Waals surface area contributed by atoms with Crippen molar-refractivity contribution in [2.75, 3.05) is 18.8 Å². The van der Waals surface area contributed by atoms with Gasteiger partial charge in [-0.1, -0.05) is 18.7 Å².